The molecule has 0 rings (SSSR count). The molecule has 0 atom stereocenters. The molecule has 11 nitrogen and oxygen atoms in total. The van der Waals surface area contributed by atoms with Gasteiger partial charge in [-0.25, -0.2) is 0 Å². The lowest BCUT2D eigenvalue weighted by Crippen LogP contribution is -2.63. The van der Waals surface area contributed by atoms with E-state index in [9.17, 15) is 19.2 Å². The molecule has 0 heterocycles. The summed E-state index contributed by atoms with van der Waals surface area (Å²) in [4.78, 5) is 74.3. The summed E-state index contributed by atoms with van der Waals surface area (Å²) in [7, 11) is 4.00. The maximum atomic E-state index is 15.1. The Morgan fingerprint density at radius 3 is 1.17 bits per heavy atom. The first-order valence-corrected chi connectivity index (χ1v) is 37.5. The van der Waals surface area contributed by atoms with Gasteiger partial charge in [0.15, 0.2) is 0 Å². The van der Waals surface area contributed by atoms with Crippen LogP contribution < -0.4 is 5.32 Å². The number of carbonyl (C=O) groups is 5. The van der Waals surface area contributed by atoms with Gasteiger partial charge in [0.25, 0.3) is 0 Å². The topological polar surface area (TPSA) is 132 Å². The van der Waals surface area contributed by atoms with Gasteiger partial charge in [-0.15, -0.1) is 0 Å². The number of carbonyl (C=O) groups excluding carboxylic acids is 5. The third kappa shape index (κ3) is 54.5. The zero-order valence-corrected chi connectivity index (χ0v) is 59.8. The van der Waals surface area contributed by atoms with E-state index in [0.29, 0.717) is 58.4 Å². The van der Waals surface area contributed by atoms with Crippen LogP contribution in [-0.4, -0.2) is 97.1 Å². The van der Waals surface area contributed by atoms with Crippen LogP contribution >= 0.6 is 0 Å². The lowest BCUT2D eigenvalue weighted by molar-refractivity contribution is -0.152. The second-order valence-electron chi connectivity index (χ2n) is 27.2. The molecule has 0 spiro atoms. The molecule has 89 heavy (non-hydrogen) atoms. The summed E-state index contributed by atoms with van der Waals surface area (Å²) in [6.45, 7) is 16.5. The molecule has 0 bridgehead atoms. The number of allylic oxidation sites excluding steroid dienone is 8. The Kier molecular flexibility index (Phi) is 59.2. The number of ether oxygens (including phenoxy) is 3. The van der Waals surface area contributed by atoms with E-state index in [4.69, 9.17) is 14.2 Å². The van der Waals surface area contributed by atoms with Crippen LogP contribution in [0.1, 0.15) is 363 Å². The molecule has 518 valence electrons. The second kappa shape index (κ2) is 61.8. The van der Waals surface area contributed by atoms with Crippen molar-refractivity contribution in [2.75, 3.05) is 40.4 Å². The normalized spacial score (nSPS) is 12.3. The molecule has 0 fully saturated rings. The largest absolute Gasteiger partial charge is 0.466 e. The summed E-state index contributed by atoms with van der Waals surface area (Å²) in [5, 5.41) is 3.25. The van der Waals surface area contributed by atoms with E-state index in [1.54, 1.807) is 4.90 Å². The maximum absolute atomic E-state index is 15.1. The third-order valence-corrected chi connectivity index (χ3v) is 17.0. The molecule has 0 radical (unpaired) electrons. The monoisotopic (exact) mass is 1250 g/mol. The Morgan fingerprint density at radius 2 is 0.753 bits per heavy atom. The standard InChI is InChI=1S/C78H143N3O8/c1-10-14-18-22-26-28-30-32-34-36-38-40-42-44-48-54-69-87-73(83)63-56-65-78(76(86)79-77(5,6)7,66-57-64-74(84)88-70-55-49-45-43-41-39-37-35-33-31-29-27-23-19-15-11-2)81(68-58-67-80(8)9)72(82)61-52-53-62-75(85)89-71(59-50-46-24-20-16-12-3)60-51-47-25-21-17-13-4/h26-29,32-35,71H,10-25,30-31,36-70H2,1-9H3,(H,79,86)/b28-26-,29-27-,34-32-,35-33-. The summed E-state index contributed by atoms with van der Waals surface area (Å²) in [5.41, 5.74) is -1.97. The minimum atomic E-state index is -1.35. The predicted molar refractivity (Wildman–Crippen MR) is 378 cm³/mol. The molecule has 0 aromatic rings. The fraction of sp³-hybridized carbons (Fsp3) is 0.833. The first-order chi connectivity index (χ1) is 43.1. The van der Waals surface area contributed by atoms with Crippen LogP contribution in [0, 0.1) is 0 Å². The highest BCUT2D eigenvalue weighted by atomic mass is 16.5. The number of amides is 2. The van der Waals surface area contributed by atoms with Crippen LogP contribution in [-0.2, 0) is 38.2 Å². The van der Waals surface area contributed by atoms with E-state index < -0.39 is 11.1 Å². The fourth-order valence-electron chi connectivity index (χ4n) is 11.6. The Bertz CT molecular complexity index is 1720. The van der Waals surface area contributed by atoms with Crippen molar-refractivity contribution in [1.29, 1.82) is 0 Å². The number of nitrogens with zero attached hydrogens (tertiary/aromatic N) is 2. The zero-order valence-electron chi connectivity index (χ0n) is 59.8. The predicted octanol–water partition coefficient (Wildman–Crippen LogP) is 21.4. The van der Waals surface area contributed by atoms with Crippen LogP contribution in [0.15, 0.2) is 48.6 Å². The molecule has 0 aromatic heterocycles. The Morgan fingerprint density at radius 1 is 0.393 bits per heavy atom. The highest BCUT2D eigenvalue weighted by molar-refractivity contribution is 5.92. The number of hydrogen-bond donors (Lipinski definition) is 1. The Labute approximate surface area is 549 Å². The average Bonchev–Trinajstić information content (AvgIpc) is 1.25. The van der Waals surface area contributed by atoms with Crippen LogP contribution in [0.2, 0.25) is 0 Å². The second-order valence-corrected chi connectivity index (χ2v) is 27.2. The molecule has 11 heteroatoms. The highest BCUT2D eigenvalue weighted by Crippen LogP contribution is 2.33. The average molecular weight is 1250 g/mol. The smallest absolute Gasteiger partial charge is 0.306 e. The van der Waals surface area contributed by atoms with Crippen LogP contribution in [0.25, 0.3) is 0 Å². The molecule has 0 unspecified atom stereocenters. The van der Waals surface area contributed by atoms with Crippen LogP contribution in [0.5, 0.6) is 0 Å². The first kappa shape index (κ1) is 85.3. The van der Waals surface area contributed by atoms with Gasteiger partial charge in [0.05, 0.1) is 13.2 Å². The molecule has 0 aliphatic heterocycles. The van der Waals surface area contributed by atoms with E-state index in [2.05, 4.69) is 86.5 Å². The van der Waals surface area contributed by atoms with Gasteiger partial charge >= 0.3 is 17.9 Å². The van der Waals surface area contributed by atoms with Gasteiger partial charge in [-0.1, -0.05) is 218 Å². The van der Waals surface area contributed by atoms with Gasteiger partial charge in [-0.05, 0) is 189 Å². The lowest BCUT2D eigenvalue weighted by atomic mass is 9.82. The van der Waals surface area contributed by atoms with Gasteiger partial charge in [0.1, 0.15) is 11.6 Å². The van der Waals surface area contributed by atoms with E-state index in [1.807, 2.05) is 34.9 Å². The van der Waals surface area contributed by atoms with Crippen LogP contribution in [0.3, 0.4) is 0 Å². The minimum Gasteiger partial charge on any atom is -0.466 e. The summed E-state index contributed by atoms with van der Waals surface area (Å²) >= 11 is 0. The quantitative estimate of drug-likeness (QED) is 0.0274. The molecule has 0 saturated heterocycles. The highest BCUT2D eigenvalue weighted by Gasteiger charge is 2.46. The Hall–Kier alpha value is -3.73. The number of nitrogens with one attached hydrogen (secondary N) is 1. The van der Waals surface area contributed by atoms with E-state index in [1.165, 1.54) is 141 Å². The summed E-state index contributed by atoms with van der Waals surface area (Å²) in [6, 6.07) is 0. The van der Waals surface area contributed by atoms with Crippen molar-refractivity contribution in [2.45, 2.75) is 380 Å². The number of rotatable bonds is 64. The first-order valence-electron chi connectivity index (χ1n) is 37.5. The fourth-order valence-corrected chi connectivity index (χ4v) is 11.6. The van der Waals surface area contributed by atoms with Crippen molar-refractivity contribution in [2.24, 2.45) is 0 Å². The summed E-state index contributed by atoms with van der Waals surface area (Å²) in [5.74, 6) is -1.24. The molecule has 0 aliphatic carbocycles. The van der Waals surface area contributed by atoms with Crippen molar-refractivity contribution in [3.63, 3.8) is 0 Å². The molecule has 2 amide bonds. The molecule has 0 saturated carbocycles. The van der Waals surface area contributed by atoms with Gasteiger partial charge in [0, 0.05) is 37.8 Å². The van der Waals surface area contributed by atoms with E-state index >= 15 is 4.79 Å². The van der Waals surface area contributed by atoms with E-state index in [0.717, 1.165) is 103 Å². The van der Waals surface area contributed by atoms with Crippen molar-refractivity contribution in [3.8, 4) is 0 Å². The SMILES string of the molecule is CCCCC/C=C\C/C=C\CCCCCCCCOC(=O)CCCC(CCCC(=O)OCCCCCCCC/C=C\C/C=C\CCCCC)(C(=O)NC(C)(C)C)N(CCCN(C)C)C(=O)CCCCC(=O)OC(CCCCCCCC)CCCCCCCC. The molecule has 1 N–H and O–H groups in total. The lowest BCUT2D eigenvalue weighted by Gasteiger charge is -2.45. The van der Waals surface area contributed by atoms with Gasteiger partial charge in [0.2, 0.25) is 11.8 Å². The van der Waals surface area contributed by atoms with Gasteiger partial charge < -0.3 is 29.3 Å². The number of hydrogen-bond acceptors (Lipinski definition) is 9. The minimum absolute atomic E-state index is 0.0729. The van der Waals surface area contributed by atoms with Crippen molar-refractivity contribution in [1.82, 2.24) is 15.1 Å². The number of unbranched alkanes of at least 4 members (excludes halogenated alkanes) is 29. The van der Waals surface area contributed by atoms with Crippen molar-refractivity contribution < 1.29 is 38.2 Å². The Balaban J connectivity index is 6.03. The summed E-state index contributed by atoms with van der Waals surface area (Å²) in [6.07, 6.45) is 65.1. The molecule has 0 aliphatic rings. The summed E-state index contributed by atoms with van der Waals surface area (Å²) < 4.78 is 17.7. The van der Waals surface area contributed by atoms with E-state index in [-0.39, 0.29) is 74.4 Å². The van der Waals surface area contributed by atoms with Gasteiger partial charge in [-0.2, -0.15) is 0 Å². The maximum Gasteiger partial charge on any atom is 0.306 e. The molecular formula is C78H143N3O8. The van der Waals surface area contributed by atoms with Crippen LogP contribution in [0.4, 0.5) is 0 Å². The van der Waals surface area contributed by atoms with Crippen molar-refractivity contribution in [3.05, 3.63) is 48.6 Å². The molecule has 0 aromatic carbocycles. The van der Waals surface area contributed by atoms with Gasteiger partial charge in [-0.3, -0.25) is 24.0 Å². The van der Waals surface area contributed by atoms with Crippen molar-refractivity contribution >= 4 is 29.7 Å². The zero-order chi connectivity index (χ0) is 65.6. The number of esters is 3. The molecular weight excluding hydrogens is 1110 g/mol. The third-order valence-electron chi connectivity index (χ3n) is 17.0.